The summed E-state index contributed by atoms with van der Waals surface area (Å²) in [6.45, 7) is 2.55. The second-order valence-electron chi connectivity index (χ2n) is 5.14. The van der Waals surface area contributed by atoms with Crippen LogP contribution in [0.25, 0.3) is 0 Å². The van der Waals surface area contributed by atoms with Crippen LogP contribution in [0.3, 0.4) is 0 Å². The summed E-state index contributed by atoms with van der Waals surface area (Å²) in [7, 11) is 0. The largest absolute Gasteiger partial charge is 0.477 e. The minimum atomic E-state index is -0.543. The average molecular weight is 294 g/mol. The van der Waals surface area contributed by atoms with Gasteiger partial charge in [0.1, 0.15) is 0 Å². The van der Waals surface area contributed by atoms with Gasteiger partial charge in [0.25, 0.3) is 5.91 Å². The van der Waals surface area contributed by atoms with Gasteiger partial charge in [-0.1, -0.05) is 12.1 Å². The molecular weight excluding hydrogens is 276 g/mol. The lowest BCUT2D eigenvalue weighted by molar-refractivity contribution is -0.385. The number of ether oxygens (including phenoxy) is 1. The first kappa shape index (κ1) is 15.2. The van der Waals surface area contributed by atoms with Crippen molar-refractivity contribution in [1.29, 1.82) is 0 Å². The molecule has 2 rings (SSSR count). The molecule has 1 N–H and O–H groups in total. The molecule has 0 bridgehead atoms. The Morgan fingerprint density at radius 3 is 2.90 bits per heavy atom. The summed E-state index contributed by atoms with van der Waals surface area (Å²) in [4.78, 5) is 23.9. The summed E-state index contributed by atoms with van der Waals surface area (Å²) in [6, 6.07) is 5.96. The lowest BCUT2D eigenvalue weighted by Crippen LogP contribution is -2.34. The van der Waals surface area contributed by atoms with Crippen LogP contribution in [0.5, 0.6) is 5.75 Å². The smallest absolute Gasteiger partial charge is 0.310 e. The summed E-state index contributed by atoms with van der Waals surface area (Å²) in [5.74, 6) is -0.0570. The summed E-state index contributed by atoms with van der Waals surface area (Å²) in [6.07, 6.45) is 0.313. The predicted molar refractivity (Wildman–Crippen MR) is 75.0 cm³/mol. The molecule has 1 amide bonds. The molecule has 114 valence electrons. The van der Waals surface area contributed by atoms with Gasteiger partial charge >= 0.3 is 5.69 Å². The average Bonchev–Trinajstić information content (AvgIpc) is 2.95. The maximum Gasteiger partial charge on any atom is 0.310 e. The molecule has 1 heterocycles. The molecule has 0 radical (unpaired) electrons. The monoisotopic (exact) mass is 294 g/mol. The van der Waals surface area contributed by atoms with E-state index in [1.54, 1.807) is 24.0 Å². The third-order valence-electron chi connectivity index (χ3n) is 3.67. The van der Waals surface area contributed by atoms with Crippen molar-refractivity contribution in [3.05, 3.63) is 34.4 Å². The molecular formula is C14H18N2O5. The van der Waals surface area contributed by atoms with Crippen molar-refractivity contribution in [2.45, 2.75) is 19.4 Å². The minimum Gasteiger partial charge on any atom is -0.477 e. The van der Waals surface area contributed by atoms with Gasteiger partial charge in [-0.3, -0.25) is 14.9 Å². The molecule has 7 nitrogen and oxygen atoms in total. The molecule has 1 aromatic rings. The molecule has 0 aliphatic carbocycles. The van der Waals surface area contributed by atoms with Crippen LogP contribution in [0.1, 0.15) is 13.3 Å². The number of hydrogen-bond acceptors (Lipinski definition) is 5. The van der Waals surface area contributed by atoms with E-state index in [0.29, 0.717) is 13.1 Å². The highest BCUT2D eigenvalue weighted by Gasteiger charge is 2.29. The van der Waals surface area contributed by atoms with Crippen LogP contribution in [0.2, 0.25) is 0 Å². The van der Waals surface area contributed by atoms with Gasteiger partial charge < -0.3 is 14.7 Å². The zero-order chi connectivity index (χ0) is 15.4. The molecule has 0 saturated carbocycles. The van der Waals surface area contributed by atoms with Crippen molar-refractivity contribution in [2.24, 2.45) is 5.92 Å². The number of nitrogens with zero attached hydrogens (tertiary/aromatic N) is 2. The normalized spacial score (nSPS) is 19.3. The van der Waals surface area contributed by atoms with E-state index in [4.69, 9.17) is 4.74 Å². The molecule has 0 spiro atoms. The van der Waals surface area contributed by atoms with Crippen LogP contribution in [0, 0.1) is 16.0 Å². The number of para-hydroxylation sites is 2. The number of carbonyl (C=O) groups excluding carboxylic acids is 1. The van der Waals surface area contributed by atoms with E-state index in [1.807, 2.05) is 0 Å². The molecule has 7 heteroatoms. The fourth-order valence-electron chi connectivity index (χ4n) is 2.37. The molecule has 1 aromatic carbocycles. The lowest BCUT2D eigenvalue weighted by atomic mass is 10.0. The van der Waals surface area contributed by atoms with E-state index >= 15 is 0 Å². The third-order valence-corrected chi connectivity index (χ3v) is 3.67. The quantitative estimate of drug-likeness (QED) is 0.650. The molecule has 1 saturated heterocycles. The van der Waals surface area contributed by atoms with E-state index in [1.165, 1.54) is 12.1 Å². The summed E-state index contributed by atoms with van der Waals surface area (Å²) in [5.41, 5.74) is -0.159. The van der Waals surface area contributed by atoms with Crippen LogP contribution in [-0.2, 0) is 4.79 Å². The number of aliphatic hydroxyl groups is 1. The Morgan fingerprint density at radius 2 is 2.29 bits per heavy atom. The van der Waals surface area contributed by atoms with Crippen LogP contribution in [0.15, 0.2) is 24.3 Å². The Balaban J connectivity index is 1.92. The minimum absolute atomic E-state index is 0.0833. The van der Waals surface area contributed by atoms with Gasteiger partial charge in [-0.15, -0.1) is 0 Å². The molecule has 1 aliphatic heterocycles. The van der Waals surface area contributed by atoms with Gasteiger partial charge in [0.2, 0.25) is 0 Å². The van der Waals surface area contributed by atoms with E-state index in [0.717, 1.165) is 6.42 Å². The van der Waals surface area contributed by atoms with Gasteiger partial charge in [0, 0.05) is 25.1 Å². The number of nitro benzene ring substituents is 1. The highest BCUT2D eigenvalue weighted by Crippen LogP contribution is 2.26. The molecule has 2 atom stereocenters. The van der Waals surface area contributed by atoms with E-state index in [-0.39, 0.29) is 29.9 Å². The second kappa shape index (κ2) is 6.53. The predicted octanol–water partition coefficient (Wildman–Crippen LogP) is 1.20. The van der Waals surface area contributed by atoms with Crippen molar-refractivity contribution in [3.8, 4) is 5.75 Å². The second-order valence-corrected chi connectivity index (χ2v) is 5.14. The Morgan fingerprint density at radius 1 is 1.57 bits per heavy atom. The first-order valence-electron chi connectivity index (χ1n) is 6.81. The van der Waals surface area contributed by atoms with Crippen molar-refractivity contribution < 1.29 is 19.6 Å². The zero-order valence-electron chi connectivity index (χ0n) is 11.8. The highest BCUT2D eigenvalue weighted by atomic mass is 16.6. The van der Waals surface area contributed by atoms with Crippen LogP contribution >= 0.6 is 0 Å². The van der Waals surface area contributed by atoms with Crippen molar-refractivity contribution in [1.82, 2.24) is 4.90 Å². The molecule has 1 aliphatic rings. The van der Waals surface area contributed by atoms with Gasteiger partial charge in [-0.2, -0.15) is 0 Å². The molecule has 21 heavy (non-hydrogen) atoms. The number of likely N-dealkylation sites (tertiary alicyclic amines) is 1. The van der Waals surface area contributed by atoms with E-state index < -0.39 is 11.0 Å². The van der Waals surface area contributed by atoms with Gasteiger partial charge in [-0.25, -0.2) is 0 Å². The van der Waals surface area contributed by atoms with Gasteiger partial charge in [-0.05, 0) is 19.4 Å². The lowest BCUT2D eigenvalue weighted by Gasteiger charge is -2.17. The molecule has 0 aromatic heterocycles. The maximum atomic E-state index is 12.0. The Labute approximate surface area is 122 Å². The first-order chi connectivity index (χ1) is 9.99. The summed E-state index contributed by atoms with van der Waals surface area (Å²) in [5, 5.41) is 20.4. The van der Waals surface area contributed by atoms with Crippen LogP contribution in [-0.4, -0.2) is 46.6 Å². The number of rotatable bonds is 5. The Kier molecular flexibility index (Phi) is 4.74. The summed E-state index contributed by atoms with van der Waals surface area (Å²) < 4.78 is 5.27. The zero-order valence-corrected chi connectivity index (χ0v) is 11.8. The van der Waals surface area contributed by atoms with E-state index in [2.05, 4.69) is 0 Å². The maximum absolute atomic E-state index is 12.0. The number of hydrogen-bond donors (Lipinski definition) is 1. The number of carbonyl (C=O) groups is 1. The summed E-state index contributed by atoms with van der Waals surface area (Å²) >= 11 is 0. The first-order valence-corrected chi connectivity index (χ1v) is 6.81. The van der Waals surface area contributed by atoms with E-state index in [9.17, 15) is 20.0 Å². The number of benzene rings is 1. The van der Waals surface area contributed by atoms with Crippen molar-refractivity contribution in [3.63, 3.8) is 0 Å². The SMILES string of the molecule is CC(O)C1CCN(C(=O)COc2ccccc2[N+](=O)[O-])C1. The topological polar surface area (TPSA) is 92.9 Å². The van der Waals surface area contributed by atoms with Gasteiger partial charge in [0.15, 0.2) is 12.4 Å². The standard InChI is InChI=1S/C14H18N2O5/c1-10(17)11-6-7-15(8-11)14(18)9-21-13-5-3-2-4-12(13)16(19)20/h2-5,10-11,17H,6-9H2,1H3. The number of nitro groups is 1. The van der Waals surface area contributed by atoms with Crippen molar-refractivity contribution in [2.75, 3.05) is 19.7 Å². The fourth-order valence-corrected chi connectivity index (χ4v) is 2.37. The Bertz CT molecular complexity index is 532. The van der Waals surface area contributed by atoms with Crippen LogP contribution < -0.4 is 4.74 Å². The van der Waals surface area contributed by atoms with Gasteiger partial charge in [0.05, 0.1) is 11.0 Å². The van der Waals surface area contributed by atoms with Crippen LogP contribution in [0.4, 0.5) is 5.69 Å². The highest BCUT2D eigenvalue weighted by molar-refractivity contribution is 5.78. The van der Waals surface area contributed by atoms with Crippen molar-refractivity contribution >= 4 is 11.6 Å². The number of amides is 1. The fraction of sp³-hybridized carbons (Fsp3) is 0.500. The third kappa shape index (κ3) is 3.69. The number of aliphatic hydroxyl groups excluding tert-OH is 1. The molecule has 1 fully saturated rings. The Hall–Kier alpha value is -2.15. The molecule has 2 unspecified atom stereocenters.